The zero-order valence-electron chi connectivity index (χ0n) is 26.6. The van der Waals surface area contributed by atoms with Gasteiger partial charge in [-0.25, -0.2) is 15.0 Å². The van der Waals surface area contributed by atoms with Gasteiger partial charge in [0.05, 0.1) is 16.7 Å². The van der Waals surface area contributed by atoms with Crippen molar-refractivity contribution in [2.24, 2.45) is 0 Å². The predicted molar refractivity (Wildman–Crippen MR) is 198 cm³/mol. The summed E-state index contributed by atoms with van der Waals surface area (Å²) in [5.41, 5.74) is 12.3. The molecule has 4 heteroatoms. The standard InChI is InChI=1S/C44H30N4/c1-44(2)37-15-7-5-12-32(37)35-25-30(19-22-38(35)44)41-34-14-9-23-45-43(34)47-42(46-41)27-17-20-31(21-18-27)48-39-16-8-6-13-33(39)36-24-28-10-3-4-11-29(28)26-40(36)48/h3-26H,1-2H3. The Kier molecular flexibility index (Phi) is 5.59. The number of benzene rings is 6. The lowest BCUT2D eigenvalue weighted by molar-refractivity contribution is 0.660. The van der Waals surface area contributed by atoms with Crippen LogP contribution in [-0.4, -0.2) is 19.5 Å². The monoisotopic (exact) mass is 614 g/mol. The maximum Gasteiger partial charge on any atom is 0.163 e. The number of rotatable bonds is 3. The number of pyridine rings is 1. The summed E-state index contributed by atoms with van der Waals surface area (Å²) in [6.07, 6.45) is 1.80. The highest BCUT2D eigenvalue weighted by Crippen LogP contribution is 2.49. The van der Waals surface area contributed by atoms with E-state index >= 15 is 0 Å². The van der Waals surface area contributed by atoms with Crippen LogP contribution < -0.4 is 0 Å². The van der Waals surface area contributed by atoms with Crippen molar-refractivity contribution in [1.29, 1.82) is 0 Å². The molecule has 0 spiro atoms. The van der Waals surface area contributed by atoms with Crippen LogP contribution in [0.3, 0.4) is 0 Å². The lowest BCUT2D eigenvalue weighted by Gasteiger charge is -2.21. The van der Waals surface area contributed by atoms with E-state index in [9.17, 15) is 0 Å². The van der Waals surface area contributed by atoms with Gasteiger partial charge in [-0.1, -0.05) is 92.7 Å². The molecule has 0 fully saturated rings. The second kappa shape index (κ2) is 9.93. The topological polar surface area (TPSA) is 43.6 Å². The van der Waals surface area contributed by atoms with E-state index in [1.165, 1.54) is 54.8 Å². The van der Waals surface area contributed by atoms with Crippen molar-refractivity contribution in [3.8, 4) is 39.5 Å². The number of hydrogen-bond acceptors (Lipinski definition) is 3. The van der Waals surface area contributed by atoms with Crippen molar-refractivity contribution < 1.29 is 0 Å². The number of para-hydroxylation sites is 1. The SMILES string of the molecule is CC1(C)c2ccccc2-c2cc(-c3nc(-c4ccc(-n5c6ccccc6c6cc7ccccc7cc65)cc4)nc4ncccc34)ccc21. The highest BCUT2D eigenvalue weighted by Gasteiger charge is 2.35. The third kappa shape index (κ3) is 3.86. The van der Waals surface area contributed by atoms with Crippen molar-refractivity contribution in [2.75, 3.05) is 0 Å². The molecule has 0 atom stereocenters. The Balaban J connectivity index is 1.12. The molecule has 0 saturated carbocycles. The van der Waals surface area contributed by atoms with Crippen molar-refractivity contribution in [3.05, 3.63) is 157 Å². The van der Waals surface area contributed by atoms with Gasteiger partial charge in [0, 0.05) is 44.6 Å². The minimum absolute atomic E-state index is 0.0455. The van der Waals surface area contributed by atoms with Crippen molar-refractivity contribution in [3.63, 3.8) is 0 Å². The number of hydrogen-bond donors (Lipinski definition) is 0. The molecular weight excluding hydrogens is 585 g/mol. The van der Waals surface area contributed by atoms with Gasteiger partial charge in [-0.2, -0.15) is 0 Å². The summed E-state index contributed by atoms with van der Waals surface area (Å²) in [6, 6.07) is 50.0. The Morgan fingerprint density at radius 1 is 0.521 bits per heavy atom. The molecule has 3 aromatic heterocycles. The smallest absolute Gasteiger partial charge is 0.163 e. The quantitative estimate of drug-likeness (QED) is 0.199. The molecular formula is C44H30N4. The fourth-order valence-corrected chi connectivity index (χ4v) is 7.87. The number of fused-ring (bicyclic) bond motifs is 8. The van der Waals surface area contributed by atoms with Crippen molar-refractivity contribution >= 4 is 43.6 Å². The van der Waals surface area contributed by atoms with Gasteiger partial charge in [-0.3, -0.25) is 0 Å². The van der Waals surface area contributed by atoms with Gasteiger partial charge in [0.15, 0.2) is 11.5 Å². The molecule has 3 heterocycles. The van der Waals surface area contributed by atoms with E-state index in [0.29, 0.717) is 11.5 Å². The second-order valence-electron chi connectivity index (χ2n) is 13.3. The average Bonchev–Trinajstić information content (AvgIpc) is 3.58. The number of aromatic nitrogens is 4. The van der Waals surface area contributed by atoms with E-state index in [2.05, 4.69) is 157 Å². The molecule has 0 radical (unpaired) electrons. The first-order valence-corrected chi connectivity index (χ1v) is 16.4. The Bertz CT molecular complexity index is 2750. The van der Waals surface area contributed by atoms with Crippen LogP contribution >= 0.6 is 0 Å². The van der Waals surface area contributed by atoms with Gasteiger partial charge >= 0.3 is 0 Å². The van der Waals surface area contributed by atoms with Crippen LogP contribution in [0, 0.1) is 0 Å². The van der Waals surface area contributed by atoms with Crippen LogP contribution in [0.25, 0.3) is 83.1 Å². The van der Waals surface area contributed by atoms with Gasteiger partial charge in [0.25, 0.3) is 0 Å². The molecule has 0 unspecified atom stereocenters. The normalized spacial score (nSPS) is 13.4. The maximum absolute atomic E-state index is 5.23. The Labute approximate surface area is 278 Å². The van der Waals surface area contributed by atoms with Crippen LogP contribution in [-0.2, 0) is 5.41 Å². The third-order valence-corrected chi connectivity index (χ3v) is 10.3. The summed E-state index contributed by atoms with van der Waals surface area (Å²) in [5.74, 6) is 0.664. The molecule has 0 amide bonds. The summed E-state index contributed by atoms with van der Waals surface area (Å²) in [4.78, 5) is 14.9. The van der Waals surface area contributed by atoms with Crippen LogP contribution in [0.15, 0.2) is 146 Å². The zero-order valence-corrected chi connectivity index (χ0v) is 26.6. The first-order valence-electron chi connectivity index (χ1n) is 16.4. The lowest BCUT2D eigenvalue weighted by Crippen LogP contribution is -2.14. The fraction of sp³-hybridized carbons (Fsp3) is 0.0682. The van der Waals surface area contributed by atoms with Crippen LogP contribution in [0.4, 0.5) is 0 Å². The zero-order chi connectivity index (χ0) is 32.0. The lowest BCUT2D eigenvalue weighted by atomic mass is 9.82. The summed E-state index contributed by atoms with van der Waals surface area (Å²) < 4.78 is 2.36. The van der Waals surface area contributed by atoms with Crippen molar-refractivity contribution in [1.82, 2.24) is 19.5 Å². The fourth-order valence-electron chi connectivity index (χ4n) is 7.87. The second-order valence-corrected chi connectivity index (χ2v) is 13.3. The number of nitrogens with zero attached hydrogens (tertiary/aromatic N) is 4. The van der Waals surface area contributed by atoms with E-state index in [-0.39, 0.29) is 5.41 Å². The van der Waals surface area contributed by atoms with Gasteiger partial charge in [-0.15, -0.1) is 0 Å². The van der Waals surface area contributed by atoms with E-state index in [4.69, 9.17) is 9.97 Å². The minimum Gasteiger partial charge on any atom is -0.309 e. The van der Waals surface area contributed by atoms with Gasteiger partial charge < -0.3 is 4.57 Å². The first kappa shape index (κ1) is 27.0. The average molecular weight is 615 g/mol. The molecule has 1 aliphatic rings. The third-order valence-electron chi connectivity index (χ3n) is 10.3. The Hall–Kier alpha value is -6.13. The summed E-state index contributed by atoms with van der Waals surface area (Å²) in [6.45, 7) is 4.62. The van der Waals surface area contributed by atoms with Crippen LogP contribution in [0.5, 0.6) is 0 Å². The molecule has 9 aromatic rings. The minimum atomic E-state index is -0.0455. The maximum atomic E-state index is 5.23. The summed E-state index contributed by atoms with van der Waals surface area (Å²) in [7, 11) is 0. The van der Waals surface area contributed by atoms with E-state index < -0.39 is 0 Å². The molecule has 0 bridgehead atoms. The Morgan fingerprint density at radius 2 is 1.23 bits per heavy atom. The molecule has 0 saturated heterocycles. The molecule has 48 heavy (non-hydrogen) atoms. The molecule has 226 valence electrons. The molecule has 4 nitrogen and oxygen atoms in total. The molecule has 0 N–H and O–H groups in total. The van der Waals surface area contributed by atoms with E-state index in [0.717, 1.165) is 27.9 Å². The summed E-state index contributed by atoms with van der Waals surface area (Å²) in [5, 5.41) is 5.92. The van der Waals surface area contributed by atoms with E-state index in [1.807, 2.05) is 6.07 Å². The highest BCUT2D eigenvalue weighted by molar-refractivity contribution is 6.13. The van der Waals surface area contributed by atoms with Crippen LogP contribution in [0.1, 0.15) is 25.0 Å². The largest absolute Gasteiger partial charge is 0.309 e. The van der Waals surface area contributed by atoms with Gasteiger partial charge in [0.2, 0.25) is 0 Å². The Morgan fingerprint density at radius 3 is 2.10 bits per heavy atom. The molecule has 0 aliphatic heterocycles. The predicted octanol–water partition coefficient (Wildman–Crippen LogP) is 10.9. The highest BCUT2D eigenvalue weighted by atomic mass is 15.0. The summed E-state index contributed by atoms with van der Waals surface area (Å²) >= 11 is 0. The van der Waals surface area contributed by atoms with E-state index in [1.54, 1.807) is 6.20 Å². The molecule has 10 rings (SSSR count). The van der Waals surface area contributed by atoms with Gasteiger partial charge in [0.1, 0.15) is 0 Å². The molecule has 6 aromatic carbocycles. The van der Waals surface area contributed by atoms with Crippen LogP contribution in [0.2, 0.25) is 0 Å². The van der Waals surface area contributed by atoms with Gasteiger partial charge in [-0.05, 0) is 93.7 Å². The van der Waals surface area contributed by atoms with Crippen molar-refractivity contribution in [2.45, 2.75) is 19.3 Å². The first-order chi connectivity index (χ1) is 23.5. The molecule has 1 aliphatic carbocycles.